The van der Waals surface area contributed by atoms with E-state index in [2.05, 4.69) is 65.3 Å². The average Bonchev–Trinajstić information content (AvgIpc) is 3.49. The van der Waals surface area contributed by atoms with Crippen molar-refractivity contribution in [2.75, 3.05) is 57.9 Å². The summed E-state index contributed by atoms with van der Waals surface area (Å²) in [5.74, 6) is 1.41. The van der Waals surface area contributed by atoms with Crippen LogP contribution in [0.25, 0.3) is 0 Å². The van der Waals surface area contributed by atoms with E-state index in [1.165, 1.54) is 11.1 Å². The van der Waals surface area contributed by atoms with Crippen LogP contribution in [-0.2, 0) is 4.74 Å². The monoisotopic (exact) mass is 612 g/mol. The van der Waals surface area contributed by atoms with E-state index in [1.807, 2.05) is 43.9 Å². The van der Waals surface area contributed by atoms with E-state index in [-0.39, 0.29) is 24.8 Å². The molecule has 0 aliphatic carbocycles. The van der Waals surface area contributed by atoms with E-state index in [4.69, 9.17) is 14.2 Å². The van der Waals surface area contributed by atoms with Gasteiger partial charge in [0.05, 0.1) is 0 Å². The summed E-state index contributed by atoms with van der Waals surface area (Å²) in [6.07, 6.45) is 0.462. The highest BCUT2D eigenvalue weighted by molar-refractivity contribution is 5.90. The number of nitrogens with one attached hydrogen (secondary N) is 1. The Bertz CT molecular complexity index is 1410. The summed E-state index contributed by atoms with van der Waals surface area (Å²) in [5, 5.41) is 3.06. The van der Waals surface area contributed by atoms with Crippen LogP contribution in [0.4, 0.5) is 15.3 Å². The predicted octanol–water partition coefficient (Wildman–Crippen LogP) is 6.58. The summed E-state index contributed by atoms with van der Waals surface area (Å²) in [6.45, 7) is 14.3. The van der Waals surface area contributed by atoms with Crippen LogP contribution in [-0.4, -0.2) is 85.0 Å². The minimum Gasteiger partial charge on any atom is -0.454 e. The molecule has 0 radical (unpaired) electrons. The van der Waals surface area contributed by atoms with E-state index in [0.29, 0.717) is 63.0 Å². The summed E-state index contributed by atoms with van der Waals surface area (Å²) >= 11 is 0. The number of anilines is 1. The highest BCUT2D eigenvalue weighted by Crippen LogP contribution is 2.34. The van der Waals surface area contributed by atoms with E-state index in [9.17, 15) is 9.59 Å². The Kier molecular flexibility index (Phi) is 10.3. The molecule has 3 aromatic carbocycles. The summed E-state index contributed by atoms with van der Waals surface area (Å²) in [5.41, 5.74) is 3.47. The second-order valence-electron chi connectivity index (χ2n) is 12.6. The van der Waals surface area contributed by atoms with Crippen molar-refractivity contribution in [2.45, 2.75) is 38.7 Å². The first kappa shape index (κ1) is 31.9. The molecule has 0 atom stereocenters. The molecule has 1 fully saturated rings. The molecule has 45 heavy (non-hydrogen) atoms. The maximum atomic E-state index is 13.8. The molecular formula is C36H44N4O5. The number of urea groups is 1. The van der Waals surface area contributed by atoms with E-state index in [1.54, 1.807) is 17.0 Å². The topological polar surface area (TPSA) is 83.6 Å². The summed E-state index contributed by atoms with van der Waals surface area (Å²) < 4.78 is 16.5. The number of hydrogen-bond acceptors (Lipinski definition) is 6. The van der Waals surface area contributed by atoms with Gasteiger partial charge in [-0.3, -0.25) is 4.90 Å². The molecule has 0 saturated carbocycles. The molecule has 0 spiro atoms. The number of fused-ring (bicyclic) bond motifs is 1. The molecule has 9 heteroatoms. The highest BCUT2D eigenvalue weighted by Gasteiger charge is 2.27. The van der Waals surface area contributed by atoms with Crippen LogP contribution in [0.1, 0.15) is 44.2 Å². The van der Waals surface area contributed by atoms with Crippen LogP contribution in [0.15, 0.2) is 91.0 Å². The van der Waals surface area contributed by atoms with Gasteiger partial charge in [0.15, 0.2) is 11.5 Å². The van der Waals surface area contributed by atoms with Crippen LogP contribution in [0.5, 0.6) is 11.5 Å². The first-order valence-corrected chi connectivity index (χ1v) is 15.6. The molecule has 0 bridgehead atoms. The van der Waals surface area contributed by atoms with Gasteiger partial charge in [-0.25, -0.2) is 9.59 Å². The Balaban J connectivity index is 1.25. The molecule has 1 N–H and O–H groups in total. The second-order valence-corrected chi connectivity index (χ2v) is 12.6. The zero-order valence-corrected chi connectivity index (χ0v) is 26.5. The van der Waals surface area contributed by atoms with Gasteiger partial charge in [-0.05, 0) is 56.0 Å². The van der Waals surface area contributed by atoms with Crippen molar-refractivity contribution in [3.05, 3.63) is 102 Å². The van der Waals surface area contributed by atoms with Crippen molar-refractivity contribution < 1.29 is 23.8 Å². The minimum absolute atomic E-state index is 0.127. The van der Waals surface area contributed by atoms with E-state index >= 15 is 0 Å². The Morgan fingerprint density at radius 2 is 1.53 bits per heavy atom. The van der Waals surface area contributed by atoms with Gasteiger partial charge >= 0.3 is 12.1 Å². The van der Waals surface area contributed by atoms with Gasteiger partial charge in [-0.2, -0.15) is 0 Å². The number of benzene rings is 3. The maximum Gasteiger partial charge on any atom is 0.410 e. The molecule has 1 saturated heterocycles. The van der Waals surface area contributed by atoms with Gasteiger partial charge in [0.2, 0.25) is 6.79 Å². The molecule has 0 aromatic heterocycles. The number of ether oxygens (including phenoxy) is 3. The first-order valence-electron chi connectivity index (χ1n) is 15.6. The lowest BCUT2D eigenvalue weighted by Crippen LogP contribution is -2.50. The summed E-state index contributed by atoms with van der Waals surface area (Å²) in [7, 11) is 0. The Morgan fingerprint density at radius 3 is 2.16 bits per heavy atom. The van der Waals surface area contributed by atoms with Crippen LogP contribution in [0, 0.1) is 0 Å². The molecule has 3 amide bonds. The van der Waals surface area contributed by atoms with Crippen molar-refractivity contribution in [3.63, 3.8) is 0 Å². The summed E-state index contributed by atoms with van der Waals surface area (Å²) in [6, 6.07) is 26.0. The molecule has 5 rings (SSSR count). The second kappa shape index (κ2) is 14.5. The van der Waals surface area contributed by atoms with Gasteiger partial charge in [-0.1, -0.05) is 67.2 Å². The van der Waals surface area contributed by atoms with Crippen molar-refractivity contribution in [2.24, 2.45) is 0 Å². The first-order chi connectivity index (χ1) is 21.6. The minimum atomic E-state index is -0.521. The third-order valence-corrected chi connectivity index (χ3v) is 7.89. The SMILES string of the molecule is C=C(CN1CCN(C(=O)OC(C)(C)C)CC1)CN(CCC(c1ccccc1)c1ccccc1)C(=O)Nc1ccc2c(c1)OCO2. The fourth-order valence-corrected chi connectivity index (χ4v) is 5.66. The molecule has 0 unspecified atom stereocenters. The molecule has 2 aliphatic rings. The highest BCUT2D eigenvalue weighted by atomic mass is 16.7. The van der Waals surface area contributed by atoms with E-state index in [0.717, 1.165) is 12.0 Å². The number of rotatable bonds is 10. The average molecular weight is 613 g/mol. The van der Waals surface area contributed by atoms with Gasteiger partial charge in [0.1, 0.15) is 5.60 Å². The normalized spacial score (nSPS) is 14.7. The molecule has 2 heterocycles. The number of piperazine rings is 1. The number of carbonyl (C=O) groups excluding carboxylic acids is 2. The third kappa shape index (κ3) is 9.01. The van der Waals surface area contributed by atoms with Crippen LogP contribution in [0.2, 0.25) is 0 Å². The van der Waals surface area contributed by atoms with Crippen molar-refractivity contribution in [1.82, 2.24) is 14.7 Å². The number of amides is 3. The fourth-order valence-electron chi connectivity index (χ4n) is 5.66. The Morgan fingerprint density at radius 1 is 0.911 bits per heavy atom. The van der Waals surface area contributed by atoms with E-state index < -0.39 is 5.60 Å². The molecular weight excluding hydrogens is 568 g/mol. The smallest absolute Gasteiger partial charge is 0.410 e. The largest absolute Gasteiger partial charge is 0.454 e. The van der Waals surface area contributed by atoms with Crippen molar-refractivity contribution in [1.29, 1.82) is 0 Å². The lowest BCUT2D eigenvalue weighted by Gasteiger charge is -2.36. The van der Waals surface area contributed by atoms with Gasteiger partial charge in [-0.15, -0.1) is 0 Å². The fraction of sp³-hybridized carbons (Fsp3) is 0.389. The predicted molar refractivity (Wildman–Crippen MR) is 176 cm³/mol. The standard InChI is InChI=1S/C36H44N4O5/c1-27(24-38-19-21-39(22-20-38)35(42)45-36(2,3)4)25-40(34(41)37-30-15-16-32-33(23-30)44-26-43-32)18-17-31(28-11-7-5-8-12-28)29-13-9-6-10-14-29/h5-16,23,31H,1,17-22,24-26H2,2-4H3,(H,37,41). The quantitative estimate of drug-likeness (QED) is 0.261. The van der Waals surface area contributed by atoms with Crippen molar-refractivity contribution >= 4 is 17.8 Å². The number of hydrogen-bond donors (Lipinski definition) is 1. The van der Waals surface area contributed by atoms with Crippen molar-refractivity contribution in [3.8, 4) is 11.5 Å². The van der Waals surface area contributed by atoms with Gasteiger partial charge in [0, 0.05) is 63.5 Å². The summed E-state index contributed by atoms with van der Waals surface area (Å²) in [4.78, 5) is 32.2. The maximum absolute atomic E-state index is 13.8. The number of nitrogens with zero attached hydrogens (tertiary/aromatic N) is 3. The number of carbonyl (C=O) groups is 2. The van der Waals surface area contributed by atoms with Crippen LogP contribution >= 0.6 is 0 Å². The molecule has 238 valence electrons. The molecule has 9 nitrogen and oxygen atoms in total. The third-order valence-electron chi connectivity index (χ3n) is 7.89. The Hall–Kier alpha value is -4.50. The van der Waals surface area contributed by atoms with Gasteiger partial charge in [0.25, 0.3) is 0 Å². The lowest BCUT2D eigenvalue weighted by atomic mass is 9.88. The molecule has 2 aliphatic heterocycles. The zero-order valence-electron chi connectivity index (χ0n) is 26.5. The Labute approximate surface area is 266 Å². The lowest BCUT2D eigenvalue weighted by molar-refractivity contribution is 0.0151. The molecule has 3 aromatic rings. The van der Waals surface area contributed by atoms with Crippen LogP contribution in [0.3, 0.4) is 0 Å². The zero-order chi connectivity index (χ0) is 31.8. The van der Waals surface area contributed by atoms with Crippen LogP contribution < -0.4 is 14.8 Å². The van der Waals surface area contributed by atoms with Gasteiger partial charge < -0.3 is 29.3 Å².